The number of thiophene rings is 1. The molecule has 5 heteroatoms. The smallest absolute Gasteiger partial charge is 0.172 e. The number of aliphatic hydroxyl groups is 1. The second-order valence-electron chi connectivity index (χ2n) is 7.79. The fourth-order valence-corrected chi connectivity index (χ4v) is 4.31. The van der Waals surface area contributed by atoms with Gasteiger partial charge in [-0.05, 0) is 81.2 Å². The van der Waals surface area contributed by atoms with Crippen molar-refractivity contribution in [2.75, 3.05) is 6.61 Å². The molecule has 0 spiro atoms. The Hall–Kier alpha value is -1.20. The Labute approximate surface area is 179 Å². The number of carbonyl (C=O) groups excluding carboxylic acids is 1. The van der Waals surface area contributed by atoms with E-state index in [4.69, 9.17) is 5.73 Å². The minimum atomic E-state index is -0.521. The van der Waals surface area contributed by atoms with Gasteiger partial charge in [-0.25, -0.2) is 0 Å². The van der Waals surface area contributed by atoms with Gasteiger partial charge in [-0.2, -0.15) is 0 Å². The van der Waals surface area contributed by atoms with Gasteiger partial charge in [0.15, 0.2) is 5.78 Å². The Balaban J connectivity index is 0.00000392. The van der Waals surface area contributed by atoms with E-state index in [0.717, 1.165) is 42.5 Å². The first-order chi connectivity index (χ1) is 12.8. The van der Waals surface area contributed by atoms with Crippen LogP contribution in [0.25, 0.3) is 0 Å². The molecule has 2 rings (SSSR count). The topological polar surface area (TPSA) is 63.3 Å². The van der Waals surface area contributed by atoms with E-state index in [9.17, 15) is 9.90 Å². The molecule has 0 aliphatic rings. The van der Waals surface area contributed by atoms with Gasteiger partial charge < -0.3 is 10.8 Å². The van der Waals surface area contributed by atoms with E-state index in [1.165, 1.54) is 21.6 Å². The summed E-state index contributed by atoms with van der Waals surface area (Å²) >= 11 is 1.59. The van der Waals surface area contributed by atoms with Crippen LogP contribution < -0.4 is 5.73 Å². The van der Waals surface area contributed by atoms with E-state index in [2.05, 4.69) is 39.0 Å². The van der Waals surface area contributed by atoms with E-state index in [0.29, 0.717) is 6.42 Å². The quantitative estimate of drug-likeness (QED) is 0.507. The zero-order valence-corrected chi connectivity index (χ0v) is 19.1. The monoisotopic (exact) mass is 423 g/mol. The predicted molar refractivity (Wildman–Crippen MR) is 122 cm³/mol. The van der Waals surface area contributed by atoms with Crippen LogP contribution in [0.5, 0.6) is 0 Å². The molecule has 156 valence electrons. The minimum absolute atomic E-state index is 0. The van der Waals surface area contributed by atoms with Crippen LogP contribution in [0.3, 0.4) is 0 Å². The summed E-state index contributed by atoms with van der Waals surface area (Å²) in [5.74, 6) is 0.231. The lowest BCUT2D eigenvalue weighted by Gasteiger charge is -2.25. The van der Waals surface area contributed by atoms with Gasteiger partial charge in [-0.1, -0.05) is 25.1 Å². The number of aliphatic hydroxyl groups excluding tert-OH is 1. The van der Waals surface area contributed by atoms with Crippen LogP contribution in [0.2, 0.25) is 0 Å². The number of aryl methyl sites for hydroxylation is 5. The number of nitrogens with two attached hydrogens (primary N) is 1. The molecule has 1 aromatic heterocycles. The van der Waals surface area contributed by atoms with Gasteiger partial charge in [-0.3, -0.25) is 4.79 Å². The van der Waals surface area contributed by atoms with Gasteiger partial charge in [0.25, 0.3) is 0 Å². The molecule has 1 heterocycles. The van der Waals surface area contributed by atoms with Gasteiger partial charge in [0.1, 0.15) is 0 Å². The third kappa shape index (κ3) is 6.70. The normalized spacial score (nSPS) is 13.1. The van der Waals surface area contributed by atoms with Crippen LogP contribution in [0.15, 0.2) is 24.3 Å². The molecule has 0 unspecified atom stereocenters. The third-order valence-corrected chi connectivity index (χ3v) is 6.94. The Bertz CT molecular complexity index is 781. The number of rotatable bonds is 10. The SMILES string of the molecule is CC[C@](N)(CO)CCc1sc(C(=O)CCCc2ccc(C)c(C)c2)cc1C.Cl. The van der Waals surface area contributed by atoms with Crippen molar-refractivity contribution in [1.29, 1.82) is 0 Å². The van der Waals surface area contributed by atoms with Crippen molar-refractivity contribution in [3.8, 4) is 0 Å². The first-order valence-electron chi connectivity index (χ1n) is 9.86. The molecule has 3 N–H and O–H groups in total. The average molecular weight is 424 g/mol. The Morgan fingerprint density at radius 1 is 1.11 bits per heavy atom. The summed E-state index contributed by atoms with van der Waals surface area (Å²) < 4.78 is 0. The number of halogens is 1. The fraction of sp³-hybridized carbons (Fsp3) is 0.522. The number of hydrogen-bond donors (Lipinski definition) is 2. The lowest BCUT2D eigenvalue weighted by molar-refractivity contribution is 0.0984. The summed E-state index contributed by atoms with van der Waals surface area (Å²) in [6, 6.07) is 8.55. The molecule has 2 aromatic rings. The number of ketones is 1. The molecule has 0 aliphatic heterocycles. The van der Waals surface area contributed by atoms with E-state index >= 15 is 0 Å². The molecule has 0 bridgehead atoms. The van der Waals surface area contributed by atoms with E-state index in [1.54, 1.807) is 11.3 Å². The van der Waals surface area contributed by atoms with Crippen molar-refractivity contribution in [2.24, 2.45) is 5.73 Å². The summed E-state index contributed by atoms with van der Waals surface area (Å²) in [7, 11) is 0. The largest absolute Gasteiger partial charge is 0.394 e. The third-order valence-electron chi connectivity index (χ3n) is 5.60. The van der Waals surface area contributed by atoms with Crippen LogP contribution >= 0.6 is 23.7 Å². The van der Waals surface area contributed by atoms with Crippen LogP contribution in [-0.4, -0.2) is 23.0 Å². The first-order valence-corrected chi connectivity index (χ1v) is 10.7. The van der Waals surface area contributed by atoms with E-state index in [-0.39, 0.29) is 24.8 Å². The Morgan fingerprint density at radius 3 is 2.43 bits per heavy atom. The lowest BCUT2D eigenvalue weighted by Crippen LogP contribution is -2.43. The number of carbonyl (C=O) groups is 1. The van der Waals surface area contributed by atoms with Crippen molar-refractivity contribution < 1.29 is 9.90 Å². The Morgan fingerprint density at radius 2 is 1.82 bits per heavy atom. The lowest BCUT2D eigenvalue weighted by atomic mass is 9.92. The molecule has 0 aliphatic carbocycles. The molecule has 3 nitrogen and oxygen atoms in total. The maximum atomic E-state index is 12.6. The average Bonchev–Trinajstić information content (AvgIpc) is 3.03. The van der Waals surface area contributed by atoms with Crippen molar-refractivity contribution in [2.45, 2.75) is 71.8 Å². The van der Waals surface area contributed by atoms with Crippen molar-refractivity contribution >= 4 is 29.5 Å². The molecule has 0 saturated carbocycles. The molecule has 0 fully saturated rings. The van der Waals surface area contributed by atoms with Crippen LogP contribution in [-0.2, 0) is 12.8 Å². The highest BCUT2D eigenvalue weighted by Gasteiger charge is 2.22. The highest BCUT2D eigenvalue weighted by atomic mass is 35.5. The maximum absolute atomic E-state index is 12.6. The van der Waals surface area contributed by atoms with Gasteiger partial charge >= 0.3 is 0 Å². The molecule has 0 radical (unpaired) electrons. The molecule has 28 heavy (non-hydrogen) atoms. The second-order valence-corrected chi connectivity index (χ2v) is 8.92. The second kappa shape index (κ2) is 11.1. The zero-order chi connectivity index (χ0) is 20.0. The van der Waals surface area contributed by atoms with Crippen molar-refractivity contribution in [1.82, 2.24) is 0 Å². The molecule has 0 amide bonds. The van der Waals surface area contributed by atoms with Gasteiger partial charge in [-0.15, -0.1) is 23.7 Å². The number of Topliss-reactive ketones (excluding diaryl/α,β-unsaturated/α-hetero) is 1. The van der Waals surface area contributed by atoms with Gasteiger partial charge in [0, 0.05) is 16.8 Å². The zero-order valence-electron chi connectivity index (χ0n) is 17.5. The number of hydrogen-bond acceptors (Lipinski definition) is 4. The first kappa shape index (κ1) is 24.8. The summed E-state index contributed by atoms with van der Waals surface area (Å²) in [6.07, 6.45) is 4.70. The molecule has 1 aromatic carbocycles. The number of benzene rings is 1. The van der Waals surface area contributed by atoms with E-state index in [1.807, 2.05) is 13.0 Å². The molecular weight excluding hydrogens is 390 g/mol. The minimum Gasteiger partial charge on any atom is -0.394 e. The molecule has 0 saturated heterocycles. The summed E-state index contributed by atoms with van der Waals surface area (Å²) in [6.45, 7) is 8.31. The van der Waals surface area contributed by atoms with Crippen molar-refractivity contribution in [3.05, 3.63) is 56.3 Å². The van der Waals surface area contributed by atoms with Crippen LogP contribution in [0.4, 0.5) is 0 Å². The summed E-state index contributed by atoms with van der Waals surface area (Å²) in [4.78, 5) is 14.6. The standard InChI is InChI=1S/C23H33NO2S.ClH/c1-5-23(24,15-25)12-11-21-18(4)14-22(27-21)20(26)8-6-7-19-10-9-16(2)17(3)13-19;/h9-10,13-14,25H,5-8,11-12,15,24H2,1-4H3;1H/t23-;/m1./s1. The fourth-order valence-electron chi connectivity index (χ4n) is 3.17. The highest BCUT2D eigenvalue weighted by Crippen LogP contribution is 2.27. The molecule has 1 atom stereocenters. The highest BCUT2D eigenvalue weighted by molar-refractivity contribution is 7.14. The Kier molecular flexibility index (Phi) is 9.85. The van der Waals surface area contributed by atoms with Crippen LogP contribution in [0.1, 0.15) is 69.4 Å². The molecular formula is C23H34ClNO2S. The summed E-state index contributed by atoms with van der Waals surface area (Å²) in [5, 5.41) is 9.47. The maximum Gasteiger partial charge on any atom is 0.172 e. The van der Waals surface area contributed by atoms with Gasteiger partial charge in [0.05, 0.1) is 11.5 Å². The van der Waals surface area contributed by atoms with Crippen LogP contribution in [0, 0.1) is 20.8 Å². The van der Waals surface area contributed by atoms with Crippen molar-refractivity contribution in [3.63, 3.8) is 0 Å². The summed E-state index contributed by atoms with van der Waals surface area (Å²) in [5.41, 5.74) is 10.7. The van der Waals surface area contributed by atoms with E-state index < -0.39 is 5.54 Å². The van der Waals surface area contributed by atoms with Gasteiger partial charge in [0.2, 0.25) is 0 Å². The predicted octanol–water partition coefficient (Wildman–Crippen LogP) is 5.33.